The largest absolute Gasteiger partial charge is 0.496 e. The van der Waals surface area contributed by atoms with Crippen molar-refractivity contribution in [2.75, 3.05) is 33.8 Å². The second kappa shape index (κ2) is 7.91. The van der Waals surface area contributed by atoms with Gasteiger partial charge >= 0.3 is 0 Å². The maximum Gasteiger partial charge on any atom is 0.193 e. The van der Waals surface area contributed by atoms with Crippen LogP contribution in [-0.4, -0.2) is 44.7 Å². The molecule has 0 bridgehead atoms. The Morgan fingerprint density at radius 3 is 2.71 bits per heavy atom. The minimum Gasteiger partial charge on any atom is -0.496 e. The fraction of sp³-hybridized carbons (Fsp3) is 0.588. The van der Waals surface area contributed by atoms with Crippen LogP contribution in [0, 0.1) is 5.92 Å². The van der Waals surface area contributed by atoms with E-state index in [0.717, 1.165) is 43.7 Å². The molecule has 1 aromatic rings. The van der Waals surface area contributed by atoms with Crippen molar-refractivity contribution in [3.63, 3.8) is 0 Å². The molecule has 1 fully saturated rings. The molecule has 21 heavy (non-hydrogen) atoms. The lowest BCUT2D eigenvalue weighted by Crippen LogP contribution is -2.45. The first-order valence-corrected chi connectivity index (χ1v) is 7.82. The zero-order valence-corrected chi connectivity index (χ0v) is 13.4. The molecule has 0 saturated carbocycles. The van der Waals surface area contributed by atoms with E-state index in [2.05, 4.69) is 34.3 Å². The molecule has 1 aromatic carbocycles. The SMILES string of the molecule is CN=C(NCCc1ccccc1OC)N1CCC(C)CC1. The molecule has 1 aliphatic rings. The van der Waals surface area contributed by atoms with Crippen molar-refractivity contribution in [3.8, 4) is 5.75 Å². The third-order valence-electron chi connectivity index (χ3n) is 4.16. The Morgan fingerprint density at radius 2 is 2.05 bits per heavy atom. The number of guanidine groups is 1. The lowest BCUT2D eigenvalue weighted by molar-refractivity contribution is 0.273. The van der Waals surface area contributed by atoms with E-state index in [4.69, 9.17) is 4.74 Å². The highest BCUT2D eigenvalue weighted by Gasteiger charge is 2.18. The van der Waals surface area contributed by atoms with E-state index >= 15 is 0 Å². The Bertz CT molecular complexity index is 465. The van der Waals surface area contributed by atoms with Crippen molar-refractivity contribution in [1.82, 2.24) is 10.2 Å². The van der Waals surface area contributed by atoms with Crippen molar-refractivity contribution in [1.29, 1.82) is 0 Å². The van der Waals surface area contributed by atoms with Crippen molar-refractivity contribution in [2.45, 2.75) is 26.2 Å². The van der Waals surface area contributed by atoms with Gasteiger partial charge in [-0.15, -0.1) is 0 Å². The molecule has 1 N–H and O–H groups in total. The molecule has 0 unspecified atom stereocenters. The molecule has 0 aliphatic carbocycles. The van der Waals surface area contributed by atoms with Gasteiger partial charge in [-0.25, -0.2) is 0 Å². The summed E-state index contributed by atoms with van der Waals surface area (Å²) < 4.78 is 5.39. The third kappa shape index (κ3) is 4.38. The van der Waals surface area contributed by atoms with E-state index < -0.39 is 0 Å². The van der Waals surface area contributed by atoms with Gasteiger partial charge < -0.3 is 15.0 Å². The fourth-order valence-electron chi connectivity index (χ4n) is 2.77. The van der Waals surface area contributed by atoms with Crippen molar-refractivity contribution >= 4 is 5.96 Å². The van der Waals surface area contributed by atoms with Crippen LogP contribution in [0.2, 0.25) is 0 Å². The van der Waals surface area contributed by atoms with Crippen LogP contribution in [0.4, 0.5) is 0 Å². The van der Waals surface area contributed by atoms with E-state index in [9.17, 15) is 0 Å². The summed E-state index contributed by atoms with van der Waals surface area (Å²) in [6.45, 7) is 5.42. The molecule has 1 heterocycles. The van der Waals surface area contributed by atoms with E-state index in [1.807, 2.05) is 19.2 Å². The van der Waals surface area contributed by atoms with Gasteiger partial charge in [-0.05, 0) is 36.8 Å². The van der Waals surface area contributed by atoms with Crippen LogP contribution in [0.25, 0.3) is 0 Å². The van der Waals surface area contributed by atoms with E-state index in [0.29, 0.717) is 0 Å². The van der Waals surface area contributed by atoms with Crippen LogP contribution in [0.15, 0.2) is 29.3 Å². The molecule has 0 aromatic heterocycles. The van der Waals surface area contributed by atoms with E-state index in [1.165, 1.54) is 18.4 Å². The summed E-state index contributed by atoms with van der Waals surface area (Å²) in [5.74, 6) is 2.82. The number of hydrogen-bond acceptors (Lipinski definition) is 2. The van der Waals surface area contributed by atoms with Gasteiger partial charge in [0.05, 0.1) is 7.11 Å². The van der Waals surface area contributed by atoms with Gasteiger partial charge in [0.15, 0.2) is 5.96 Å². The second-order valence-electron chi connectivity index (χ2n) is 5.71. The zero-order valence-electron chi connectivity index (χ0n) is 13.4. The smallest absolute Gasteiger partial charge is 0.193 e. The van der Waals surface area contributed by atoms with E-state index in [1.54, 1.807) is 7.11 Å². The minimum atomic E-state index is 0.841. The Labute approximate surface area is 128 Å². The number of aliphatic imine (C=N–C) groups is 1. The molecule has 0 spiro atoms. The number of likely N-dealkylation sites (tertiary alicyclic amines) is 1. The van der Waals surface area contributed by atoms with Gasteiger partial charge in [0.2, 0.25) is 0 Å². The summed E-state index contributed by atoms with van der Waals surface area (Å²) >= 11 is 0. The quantitative estimate of drug-likeness (QED) is 0.683. The minimum absolute atomic E-state index is 0.841. The Hall–Kier alpha value is -1.71. The highest BCUT2D eigenvalue weighted by atomic mass is 16.5. The number of methoxy groups -OCH3 is 1. The normalized spacial score (nSPS) is 16.9. The molecule has 0 atom stereocenters. The molecule has 116 valence electrons. The molecule has 1 saturated heterocycles. The van der Waals surface area contributed by atoms with E-state index in [-0.39, 0.29) is 0 Å². The zero-order chi connectivity index (χ0) is 15.1. The van der Waals surface area contributed by atoms with Crippen molar-refractivity contribution < 1.29 is 4.74 Å². The topological polar surface area (TPSA) is 36.9 Å². The average Bonchev–Trinajstić information content (AvgIpc) is 2.53. The van der Waals surface area contributed by atoms with Crippen molar-refractivity contribution in [3.05, 3.63) is 29.8 Å². The summed E-state index contributed by atoms with van der Waals surface area (Å²) in [6, 6.07) is 8.18. The Morgan fingerprint density at radius 1 is 1.33 bits per heavy atom. The Balaban J connectivity index is 1.84. The molecule has 0 radical (unpaired) electrons. The van der Waals surface area contributed by atoms with Gasteiger partial charge in [0, 0.05) is 26.7 Å². The van der Waals surface area contributed by atoms with Crippen LogP contribution in [0.1, 0.15) is 25.3 Å². The van der Waals surface area contributed by atoms with Crippen molar-refractivity contribution in [2.24, 2.45) is 10.9 Å². The maximum atomic E-state index is 5.39. The van der Waals surface area contributed by atoms with Gasteiger partial charge in [0.25, 0.3) is 0 Å². The number of para-hydroxylation sites is 1. The first-order valence-electron chi connectivity index (χ1n) is 7.82. The highest BCUT2D eigenvalue weighted by Crippen LogP contribution is 2.18. The summed E-state index contributed by atoms with van der Waals surface area (Å²) in [7, 11) is 3.59. The van der Waals surface area contributed by atoms with Crippen LogP contribution in [0.3, 0.4) is 0 Å². The number of benzene rings is 1. The molecule has 0 amide bonds. The molecule has 2 rings (SSSR count). The molecule has 4 nitrogen and oxygen atoms in total. The summed E-state index contributed by atoms with van der Waals surface area (Å²) in [4.78, 5) is 6.77. The van der Waals surface area contributed by atoms with Crippen LogP contribution in [0.5, 0.6) is 5.75 Å². The number of piperidine rings is 1. The van der Waals surface area contributed by atoms with Gasteiger partial charge in [-0.3, -0.25) is 4.99 Å². The molecule has 1 aliphatic heterocycles. The number of ether oxygens (including phenoxy) is 1. The summed E-state index contributed by atoms with van der Waals surface area (Å²) in [5.41, 5.74) is 1.23. The number of rotatable bonds is 4. The maximum absolute atomic E-state index is 5.39. The van der Waals surface area contributed by atoms with Gasteiger partial charge in [-0.1, -0.05) is 25.1 Å². The standard InChI is InChI=1S/C17H27N3O/c1-14-9-12-20(13-10-14)17(18-2)19-11-8-15-6-4-5-7-16(15)21-3/h4-7,14H,8-13H2,1-3H3,(H,18,19). The first kappa shape index (κ1) is 15.7. The van der Waals surface area contributed by atoms with Gasteiger partial charge in [-0.2, -0.15) is 0 Å². The highest BCUT2D eigenvalue weighted by molar-refractivity contribution is 5.79. The van der Waals surface area contributed by atoms with Crippen LogP contribution in [-0.2, 0) is 6.42 Å². The lowest BCUT2D eigenvalue weighted by atomic mass is 9.99. The van der Waals surface area contributed by atoms with Crippen LogP contribution < -0.4 is 10.1 Å². The average molecular weight is 289 g/mol. The first-order chi connectivity index (χ1) is 10.2. The predicted molar refractivity (Wildman–Crippen MR) is 88.0 cm³/mol. The third-order valence-corrected chi connectivity index (χ3v) is 4.16. The second-order valence-corrected chi connectivity index (χ2v) is 5.71. The number of nitrogens with one attached hydrogen (secondary N) is 1. The van der Waals surface area contributed by atoms with Crippen LogP contribution >= 0.6 is 0 Å². The van der Waals surface area contributed by atoms with Gasteiger partial charge in [0.1, 0.15) is 5.75 Å². The number of hydrogen-bond donors (Lipinski definition) is 1. The number of nitrogens with zero attached hydrogens (tertiary/aromatic N) is 2. The summed E-state index contributed by atoms with van der Waals surface area (Å²) in [5, 5.41) is 3.47. The molecule has 4 heteroatoms. The monoisotopic (exact) mass is 289 g/mol. The Kier molecular flexibility index (Phi) is 5.90. The molecular weight excluding hydrogens is 262 g/mol. The predicted octanol–water partition coefficient (Wildman–Crippen LogP) is 2.55. The lowest BCUT2D eigenvalue weighted by Gasteiger charge is -2.32. The molecular formula is C17H27N3O. The summed E-state index contributed by atoms with van der Waals surface area (Å²) in [6.07, 6.45) is 3.45. The fourth-order valence-corrected chi connectivity index (χ4v) is 2.77.